The molecular weight excluding hydrogens is 194 g/mol. The van der Waals surface area contributed by atoms with Gasteiger partial charge in [0.15, 0.2) is 0 Å². The zero-order chi connectivity index (χ0) is 10.1. The molecule has 2 heterocycles. The summed E-state index contributed by atoms with van der Waals surface area (Å²) < 4.78 is 0. The van der Waals surface area contributed by atoms with Crippen LogP contribution < -0.4 is 0 Å². The molecule has 1 aromatic heterocycles. The van der Waals surface area contributed by atoms with Gasteiger partial charge >= 0.3 is 0 Å². The van der Waals surface area contributed by atoms with Crippen molar-refractivity contribution in [2.24, 2.45) is 0 Å². The maximum atomic E-state index is 11.8. The van der Waals surface area contributed by atoms with E-state index in [4.69, 9.17) is 0 Å². The van der Waals surface area contributed by atoms with Crippen molar-refractivity contribution in [1.29, 1.82) is 0 Å². The number of carbonyl (C=O) groups is 1. The van der Waals surface area contributed by atoms with E-state index in [0.717, 1.165) is 24.4 Å². The van der Waals surface area contributed by atoms with E-state index in [1.165, 1.54) is 4.88 Å². The molecule has 0 bridgehead atoms. The van der Waals surface area contributed by atoms with Gasteiger partial charge in [-0.1, -0.05) is 13.8 Å². The van der Waals surface area contributed by atoms with E-state index in [2.05, 4.69) is 19.9 Å². The molecule has 0 atom stereocenters. The quantitative estimate of drug-likeness (QED) is 0.733. The molecule has 1 aliphatic rings. The smallest absolute Gasteiger partial charge is 0.263 e. The molecule has 1 amide bonds. The number of thiophene rings is 1. The zero-order valence-electron chi connectivity index (χ0n) is 8.62. The molecule has 0 N–H and O–H groups in total. The minimum atomic E-state index is 0.216. The molecule has 0 saturated carbocycles. The van der Waals surface area contributed by atoms with Gasteiger partial charge in [0, 0.05) is 18.0 Å². The lowest BCUT2D eigenvalue weighted by Gasteiger charge is -2.30. The van der Waals surface area contributed by atoms with Crippen molar-refractivity contribution in [2.75, 3.05) is 13.1 Å². The van der Waals surface area contributed by atoms with Crippen molar-refractivity contribution in [3.63, 3.8) is 0 Å². The zero-order valence-corrected chi connectivity index (χ0v) is 9.43. The van der Waals surface area contributed by atoms with Crippen LogP contribution in [0.25, 0.3) is 0 Å². The predicted octanol–water partition coefficient (Wildman–Crippen LogP) is 2.72. The predicted molar refractivity (Wildman–Crippen MR) is 58.9 cm³/mol. The number of hydrogen-bond donors (Lipinski definition) is 0. The fourth-order valence-corrected chi connectivity index (χ4v) is 2.43. The fraction of sp³-hybridized carbons (Fsp3) is 0.545. The highest BCUT2D eigenvalue weighted by Crippen LogP contribution is 2.26. The van der Waals surface area contributed by atoms with Crippen LogP contribution in [-0.4, -0.2) is 23.9 Å². The van der Waals surface area contributed by atoms with E-state index in [1.54, 1.807) is 11.3 Å². The van der Waals surface area contributed by atoms with E-state index in [-0.39, 0.29) is 5.91 Å². The van der Waals surface area contributed by atoms with Crippen molar-refractivity contribution in [3.8, 4) is 0 Å². The highest BCUT2D eigenvalue weighted by Gasteiger charge is 2.22. The molecule has 0 aromatic carbocycles. The van der Waals surface area contributed by atoms with E-state index in [1.807, 2.05) is 11.0 Å². The first-order valence-electron chi connectivity index (χ1n) is 5.07. The number of nitrogens with zero attached hydrogens (tertiary/aromatic N) is 1. The normalized spacial score (nSPS) is 15.8. The van der Waals surface area contributed by atoms with Crippen LogP contribution in [0.15, 0.2) is 12.1 Å². The second-order valence-corrected chi connectivity index (χ2v) is 5.12. The molecule has 2 nitrogen and oxygen atoms in total. The highest BCUT2D eigenvalue weighted by atomic mass is 32.1. The molecule has 0 spiro atoms. The van der Waals surface area contributed by atoms with Crippen LogP contribution in [0, 0.1) is 0 Å². The molecule has 0 radical (unpaired) electrons. The Hall–Kier alpha value is -0.830. The van der Waals surface area contributed by atoms with Crippen LogP contribution in [0.5, 0.6) is 0 Å². The third-order valence-corrected chi connectivity index (χ3v) is 3.92. The van der Waals surface area contributed by atoms with Gasteiger partial charge in [-0.3, -0.25) is 4.79 Å². The summed E-state index contributed by atoms with van der Waals surface area (Å²) in [5, 5.41) is 0. The number of likely N-dealkylation sites (tertiary alicyclic amines) is 1. The fourth-order valence-electron chi connectivity index (χ4n) is 1.45. The van der Waals surface area contributed by atoms with Gasteiger partial charge in [-0.2, -0.15) is 0 Å². The molecule has 3 heteroatoms. The average molecular weight is 209 g/mol. The molecule has 1 saturated heterocycles. The lowest BCUT2D eigenvalue weighted by atomic mass is 10.2. The largest absolute Gasteiger partial charge is 0.338 e. The minimum absolute atomic E-state index is 0.216. The topological polar surface area (TPSA) is 20.3 Å². The molecular formula is C11H15NOS. The molecule has 1 fully saturated rings. The minimum Gasteiger partial charge on any atom is -0.338 e. The maximum Gasteiger partial charge on any atom is 0.263 e. The van der Waals surface area contributed by atoms with Gasteiger partial charge in [-0.15, -0.1) is 11.3 Å². The number of amides is 1. The van der Waals surface area contributed by atoms with Crippen LogP contribution in [0.2, 0.25) is 0 Å². The molecule has 14 heavy (non-hydrogen) atoms. The number of rotatable bonds is 2. The standard InChI is InChI=1S/C11H15NOS/c1-8(2)9-4-5-10(14-9)11(13)12-6-3-7-12/h4-5,8H,3,6-7H2,1-2H3. The summed E-state index contributed by atoms with van der Waals surface area (Å²) in [6.45, 7) is 6.19. The first-order chi connectivity index (χ1) is 6.68. The lowest BCUT2D eigenvalue weighted by molar-refractivity contribution is 0.0657. The van der Waals surface area contributed by atoms with Gasteiger partial charge < -0.3 is 4.90 Å². The average Bonchev–Trinajstić information content (AvgIpc) is 2.48. The number of carbonyl (C=O) groups excluding carboxylic acids is 1. The Morgan fingerprint density at radius 3 is 2.57 bits per heavy atom. The summed E-state index contributed by atoms with van der Waals surface area (Å²) in [6, 6.07) is 4.03. The highest BCUT2D eigenvalue weighted by molar-refractivity contribution is 7.14. The Bertz CT molecular complexity index is 339. The van der Waals surface area contributed by atoms with Gasteiger partial charge in [0.05, 0.1) is 4.88 Å². The van der Waals surface area contributed by atoms with Gasteiger partial charge in [-0.05, 0) is 24.5 Å². The molecule has 0 unspecified atom stereocenters. The van der Waals surface area contributed by atoms with E-state index in [9.17, 15) is 4.79 Å². The van der Waals surface area contributed by atoms with Crippen LogP contribution in [0.1, 0.15) is 40.7 Å². The van der Waals surface area contributed by atoms with Crippen LogP contribution in [0.3, 0.4) is 0 Å². The van der Waals surface area contributed by atoms with Crippen molar-refractivity contribution < 1.29 is 4.79 Å². The number of hydrogen-bond acceptors (Lipinski definition) is 2. The van der Waals surface area contributed by atoms with Crippen molar-refractivity contribution in [3.05, 3.63) is 21.9 Å². The molecule has 0 aliphatic carbocycles. The van der Waals surface area contributed by atoms with Crippen molar-refractivity contribution >= 4 is 17.2 Å². The van der Waals surface area contributed by atoms with Gasteiger partial charge in [-0.25, -0.2) is 0 Å². The first-order valence-corrected chi connectivity index (χ1v) is 5.89. The Morgan fingerprint density at radius 1 is 1.43 bits per heavy atom. The molecule has 2 rings (SSSR count). The summed E-state index contributed by atoms with van der Waals surface area (Å²) in [7, 11) is 0. The van der Waals surface area contributed by atoms with Crippen LogP contribution in [-0.2, 0) is 0 Å². The molecule has 1 aliphatic heterocycles. The monoisotopic (exact) mass is 209 g/mol. The second kappa shape index (κ2) is 3.73. The molecule has 1 aromatic rings. The lowest BCUT2D eigenvalue weighted by Crippen LogP contribution is -2.41. The molecule has 76 valence electrons. The van der Waals surface area contributed by atoms with Crippen molar-refractivity contribution in [2.45, 2.75) is 26.2 Å². The second-order valence-electron chi connectivity index (χ2n) is 4.00. The van der Waals surface area contributed by atoms with Crippen LogP contribution in [0.4, 0.5) is 0 Å². The maximum absolute atomic E-state index is 11.8. The summed E-state index contributed by atoms with van der Waals surface area (Å²) >= 11 is 1.64. The van der Waals surface area contributed by atoms with Crippen molar-refractivity contribution in [1.82, 2.24) is 4.90 Å². The third kappa shape index (κ3) is 1.69. The summed E-state index contributed by atoms with van der Waals surface area (Å²) in [6.07, 6.45) is 1.16. The van der Waals surface area contributed by atoms with E-state index < -0.39 is 0 Å². The third-order valence-electron chi connectivity index (χ3n) is 2.55. The Morgan fingerprint density at radius 2 is 2.14 bits per heavy atom. The van der Waals surface area contributed by atoms with Gasteiger partial charge in [0.25, 0.3) is 5.91 Å². The Kier molecular flexibility index (Phi) is 2.59. The summed E-state index contributed by atoms with van der Waals surface area (Å²) in [5.74, 6) is 0.742. The van der Waals surface area contributed by atoms with Gasteiger partial charge in [0.1, 0.15) is 0 Å². The van der Waals surface area contributed by atoms with Crippen LogP contribution >= 0.6 is 11.3 Å². The van der Waals surface area contributed by atoms with E-state index in [0.29, 0.717) is 5.92 Å². The Labute approximate surface area is 88.5 Å². The summed E-state index contributed by atoms with van der Waals surface area (Å²) in [4.78, 5) is 15.9. The van der Waals surface area contributed by atoms with Gasteiger partial charge in [0.2, 0.25) is 0 Å². The van der Waals surface area contributed by atoms with E-state index >= 15 is 0 Å². The Balaban J connectivity index is 2.11. The SMILES string of the molecule is CC(C)c1ccc(C(=O)N2CCC2)s1. The first kappa shape index (κ1) is 9.71. The summed E-state index contributed by atoms with van der Waals surface area (Å²) in [5.41, 5.74) is 0.